The number of amides is 1. The van der Waals surface area contributed by atoms with Crippen LogP contribution in [-0.2, 0) is 6.54 Å². The van der Waals surface area contributed by atoms with E-state index in [0.29, 0.717) is 28.9 Å². The maximum Gasteiger partial charge on any atom is 0.268 e. The molecule has 0 bridgehead atoms. The van der Waals surface area contributed by atoms with Gasteiger partial charge in [-0.15, -0.1) is 10.2 Å². The summed E-state index contributed by atoms with van der Waals surface area (Å²) in [7, 11) is 3.22. The van der Waals surface area contributed by atoms with Crippen molar-refractivity contribution in [2.75, 3.05) is 32.2 Å². The van der Waals surface area contributed by atoms with Crippen LogP contribution in [0.5, 0.6) is 11.5 Å². The van der Waals surface area contributed by atoms with Crippen molar-refractivity contribution in [3.63, 3.8) is 0 Å². The Morgan fingerprint density at radius 1 is 1.06 bits per heavy atom. The van der Waals surface area contributed by atoms with Gasteiger partial charge in [0.1, 0.15) is 17.2 Å². The standard InChI is InChI=1S/C22H27N5O3S/c1-29-17-9-10-19(30-2)16(14-17)15-23-20(28)18-8-7-13-27(18)22-25-24-21(31-22)26-11-5-3-4-6-12-26/h7-10,13-14H,3-6,11-12,15H2,1-2H3,(H,23,28). The Labute approximate surface area is 185 Å². The fourth-order valence-corrected chi connectivity index (χ4v) is 4.61. The highest BCUT2D eigenvalue weighted by Crippen LogP contribution is 2.27. The third kappa shape index (κ3) is 4.82. The summed E-state index contributed by atoms with van der Waals surface area (Å²) in [6, 6.07) is 9.14. The minimum absolute atomic E-state index is 0.193. The Balaban J connectivity index is 1.48. The van der Waals surface area contributed by atoms with E-state index in [0.717, 1.165) is 23.8 Å². The molecule has 31 heavy (non-hydrogen) atoms. The van der Waals surface area contributed by atoms with Crippen molar-refractivity contribution in [1.82, 2.24) is 20.1 Å². The summed E-state index contributed by atoms with van der Waals surface area (Å²) in [4.78, 5) is 15.2. The Hall–Kier alpha value is -3.07. The predicted molar refractivity (Wildman–Crippen MR) is 121 cm³/mol. The van der Waals surface area contributed by atoms with E-state index in [1.807, 2.05) is 30.5 Å². The van der Waals surface area contributed by atoms with Crippen molar-refractivity contribution in [2.24, 2.45) is 0 Å². The maximum atomic E-state index is 12.9. The molecule has 1 saturated heterocycles. The number of nitrogens with zero attached hydrogens (tertiary/aromatic N) is 4. The smallest absolute Gasteiger partial charge is 0.268 e. The van der Waals surface area contributed by atoms with E-state index < -0.39 is 0 Å². The molecule has 0 radical (unpaired) electrons. The van der Waals surface area contributed by atoms with Crippen LogP contribution in [0, 0.1) is 0 Å². The third-order valence-electron chi connectivity index (χ3n) is 5.39. The maximum absolute atomic E-state index is 12.9. The fourth-order valence-electron chi connectivity index (χ4n) is 3.71. The lowest BCUT2D eigenvalue weighted by atomic mass is 10.2. The highest BCUT2D eigenvalue weighted by molar-refractivity contribution is 7.17. The Morgan fingerprint density at radius 2 is 1.84 bits per heavy atom. The van der Waals surface area contributed by atoms with Gasteiger partial charge in [0.25, 0.3) is 5.91 Å². The highest BCUT2D eigenvalue weighted by atomic mass is 32.1. The molecule has 3 aromatic rings. The van der Waals surface area contributed by atoms with Crippen molar-refractivity contribution in [1.29, 1.82) is 0 Å². The van der Waals surface area contributed by atoms with Crippen LogP contribution in [0.25, 0.3) is 5.13 Å². The number of anilines is 1. The normalized spacial score (nSPS) is 14.2. The minimum atomic E-state index is -0.193. The number of carbonyl (C=O) groups excluding carboxylic acids is 1. The number of hydrogen-bond acceptors (Lipinski definition) is 7. The van der Waals surface area contributed by atoms with E-state index in [1.54, 1.807) is 24.9 Å². The number of benzene rings is 1. The Kier molecular flexibility index (Phi) is 6.71. The summed E-state index contributed by atoms with van der Waals surface area (Å²) in [5.41, 5.74) is 1.35. The molecule has 2 aromatic heterocycles. The average molecular weight is 442 g/mol. The Bertz CT molecular complexity index is 1020. The van der Waals surface area contributed by atoms with Gasteiger partial charge in [-0.1, -0.05) is 24.2 Å². The van der Waals surface area contributed by atoms with Gasteiger partial charge in [0.05, 0.1) is 14.2 Å². The van der Waals surface area contributed by atoms with Gasteiger partial charge in [0, 0.05) is 31.4 Å². The SMILES string of the molecule is COc1ccc(OC)c(CNC(=O)c2cccn2-c2nnc(N3CCCCCC3)s2)c1. The van der Waals surface area contributed by atoms with Crippen LogP contribution >= 0.6 is 11.3 Å². The minimum Gasteiger partial charge on any atom is -0.497 e. The van der Waals surface area contributed by atoms with Gasteiger partial charge in [-0.25, -0.2) is 0 Å². The summed E-state index contributed by atoms with van der Waals surface area (Å²) in [6.45, 7) is 2.34. The van der Waals surface area contributed by atoms with Crippen molar-refractivity contribution >= 4 is 22.4 Å². The molecule has 1 amide bonds. The molecule has 0 aliphatic carbocycles. The molecular weight excluding hydrogens is 414 g/mol. The number of hydrogen-bond donors (Lipinski definition) is 1. The first-order valence-electron chi connectivity index (χ1n) is 10.4. The summed E-state index contributed by atoms with van der Waals surface area (Å²) in [6.07, 6.45) is 6.73. The Morgan fingerprint density at radius 3 is 2.58 bits per heavy atom. The van der Waals surface area contributed by atoms with Crippen LogP contribution in [0.3, 0.4) is 0 Å². The van der Waals surface area contributed by atoms with E-state index in [-0.39, 0.29) is 5.91 Å². The largest absolute Gasteiger partial charge is 0.497 e. The molecule has 0 spiro atoms. The molecule has 3 heterocycles. The number of rotatable bonds is 7. The zero-order valence-electron chi connectivity index (χ0n) is 17.8. The van der Waals surface area contributed by atoms with Crippen LogP contribution in [-0.4, -0.2) is 48.0 Å². The molecule has 8 nitrogen and oxygen atoms in total. The molecule has 1 fully saturated rings. The molecule has 1 aromatic carbocycles. The van der Waals surface area contributed by atoms with Gasteiger partial charge in [-0.05, 0) is 43.2 Å². The zero-order valence-corrected chi connectivity index (χ0v) is 18.7. The summed E-state index contributed by atoms with van der Waals surface area (Å²) < 4.78 is 12.5. The van der Waals surface area contributed by atoms with Gasteiger partial charge in [0.15, 0.2) is 0 Å². The second kappa shape index (κ2) is 9.82. The van der Waals surface area contributed by atoms with Gasteiger partial charge in [-0.2, -0.15) is 0 Å². The first-order valence-corrected chi connectivity index (χ1v) is 11.3. The zero-order chi connectivity index (χ0) is 21.6. The lowest BCUT2D eigenvalue weighted by Crippen LogP contribution is -2.25. The second-order valence-corrected chi connectivity index (χ2v) is 8.33. The van der Waals surface area contributed by atoms with Crippen LogP contribution in [0.2, 0.25) is 0 Å². The molecule has 9 heteroatoms. The molecule has 0 atom stereocenters. The number of carbonyl (C=O) groups is 1. The van der Waals surface area contributed by atoms with E-state index in [4.69, 9.17) is 9.47 Å². The predicted octanol–water partition coefficient (Wildman–Crippen LogP) is 3.66. The van der Waals surface area contributed by atoms with Crippen molar-refractivity contribution in [3.8, 4) is 16.6 Å². The third-order valence-corrected chi connectivity index (χ3v) is 6.38. The number of ether oxygens (including phenoxy) is 2. The van der Waals surface area contributed by atoms with E-state index in [1.165, 1.54) is 37.0 Å². The summed E-state index contributed by atoms with van der Waals surface area (Å²) in [5, 5.41) is 13.3. The van der Waals surface area contributed by atoms with Gasteiger partial charge in [-0.3, -0.25) is 9.36 Å². The van der Waals surface area contributed by atoms with Gasteiger partial charge in [0.2, 0.25) is 10.3 Å². The van der Waals surface area contributed by atoms with Crippen molar-refractivity contribution < 1.29 is 14.3 Å². The van der Waals surface area contributed by atoms with Crippen LogP contribution in [0.4, 0.5) is 5.13 Å². The topological polar surface area (TPSA) is 81.5 Å². The van der Waals surface area contributed by atoms with Crippen LogP contribution < -0.4 is 19.7 Å². The number of nitrogens with one attached hydrogen (secondary N) is 1. The number of methoxy groups -OCH3 is 2. The molecular formula is C22H27N5O3S. The summed E-state index contributed by atoms with van der Waals surface area (Å²) >= 11 is 1.51. The molecule has 1 aliphatic rings. The molecule has 4 rings (SSSR count). The second-order valence-electron chi connectivity index (χ2n) is 7.39. The molecule has 164 valence electrons. The molecule has 1 N–H and O–H groups in total. The monoisotopic (exact) mass is 441 g/mol. The molecule has 1 aliphatic heterocycles. The van der Waals surface area contributed by atoms with Crippen molar-refractivity contribution in [3.05, 3.63) is 47.8 Å². The van der Waals surface area contributed by atoms with Crippen LogP contribution in [0.1, 0.15) is 41.7 Å². The van der Waals surface area contributed by atoms with Gasteiger partial charge >= 0.3 is 0 Å². The first kappa shape index (κ1) is 21.2. The highest BCUT2D eigenvalue weighted by Gasteiger charge is 2.19. The first-order chi connectivity index (χ1) is 15.2. The average Bonchev–Trinajstić information content (AvgIpc) is 3.41. The van der Waals surface area contributed by atoms with E-state index in [2.05, 4.69) is 20.4 Å². The summed E-state index contributed by atoms with van der Waals surface area (Å²) in [5.74, 6) is 1.22. The lowest BCUT2D eigenvalue weighted by molar-refractivity contribution is 0.0944. The molecule has 0 unspecified atom stereocenters. The van der Waals surface area contributed by atoms with Gasteiger partial charge < -0.3 is 19.7 Å². The quantitative estimate of drug-likeness (QED) is 0.603. The van der Waals surface area contributed by atoms with Crippen molar-refractivity contribution in [2.45, 2.75) is 32.2 Å². The molecule has 0 saturated carbocycles. The lowest BCUT2D eigenvalue weighted by Gasteiger charge is -2.17. The number of aromatic nitrogens is 3. The fraction of sp³-hybridized carbons (Fsp3) is 0.409. The van der Waals surface area contributed by atoms with Crippen LogP contribution in [0.15, 0.2) is 36.5 Å². The van der Waals surface area contributed by atoms with E-state index >= 15 is 0 Å². The van der Waals surface area contributed by atoms with E-state index in [9.17, 15) is 4.79 Å².